The van der Waals surface area contributed by atoms with Crippen molar-refractivity contribution in [3.8, 4) is 0 Å². The summed E-state index contributed by atoms with van der Waals surface area (Å²) in [5, 5.41) is 0. The van der Waals surface area contributed by atoms with Crippen LogP contribution in [0.15, 0.2) is 22.7 Å². The first-order valence-electron chi connectivity index (χ1n) is 6.38. The molecule has 0 spiro atoms. The van der Waals surface area contributed by atoms with Crippen molar-refractivity contribution in [2.24, 2.45) is 0 Å². The van der Waals surface area contributed by atoms with E-state index in [1.807, 2.05) is 11.8 Å². The molecule has 1 heterocycles. The van der Waals surface area contributed by atoms with Gasteiger partial charge < -0.3 is 4.57 Å². The van der Waals surface area contributed by atoms with E-state index in [9.17, 15) is 0 Å². The van der Waals surface area contributed by atoms with E-state index < -0.39 is 0 Å². The first kappa shape index (κ1) is 15.2. The Bertz CT molecular complexity index is 556. The largest absolute Gasteiger partial charge is 0.325 e. The summed E-state index contributed by atoms with van der Waals surface area (Å²) in [6.07, 6.45) is 4.12. The first-order valence-corrected chi connectivity index (χ1v) is 9.10. The third-order valence-electron chi connectivity index (χ3n) is 3.22. The summed E-state index contributed by atoms with van der Waals surface area (Å²) in [6.45, 7) is 2.26. The molecule has 1 unspecified atom stereocenters. The van der Waals surface area contributed by atoms with Crippen LogP contribution in [0.3, 0.4) is 0 Å². The van der Waals surface area contributed by atoms with Crippen LogP contribution in [0.25, 0.3) is 11.0 Å². The Balaban J connectivity index is 2.45. The molecule has 0 N–H and O–H groups in total. The molecule has 0 amide bonds. The van der Waals surface area contributed by atoms with Gasteiger partial charge in [-0.05, 0) is 43.6 Å². The van der Waals surface area contributed by atoms with Gasteiger partial charge in [0.15, 0.2) is 0 Å². The van der Waals surface area contributed by atoms with Crippen LogP contribution < -0.4 is 0 Å². The topological polar surface area (TPSA) is 17.8 Å². The van der Waals surface area contributed by atoms with Crippen LogP contribution in [-0.4, -0.2) is 27.4 Å². The molecule has 1 aromatic heterocycles. The first-order chi connectivity index (χ1) is 9.17. The van der Waals surface area contributed by atoms with E-state index in [0.29, 0.717) is 11.9 Å². The molecule has 2 rings (SSSR count). The van der Waals surface area contributed by atoms with Gasteiger partial charge in [0.1, 0.15) is 5.82 Å². The Hall–Kier alpha value is -0.190. The number of nitrogens with zero attached hydrogens (tertiary/aromatic N) is 2. The number of halogens is 2. The third kappa shape index (κ3) is 3.47. The van der Waals surface area contributed by atoms with Crippen molar-refractivity contribution in [2.45, 2.75) is 25.8 Å². The number of alkyl halides is 1. The number of benzene rings is 1. The van der Waals surface area contributed by atoms with Crippen molar-refractivity contribution >= 4 is 50.3 Å². The van der Waals surface area contributed by atoms with Gasteiger partial charge in [-0.15, -0.1) is 11.6 Å². The number of rotatable bonds is 6. The van der Waals surface area contributed by atoms with Gasteiger partial charge in [-0.25, -0.2) is 4.98 Å². The minimum absolute atomic E-state index is 0.455. The number of imidazole rings is 1. The number of hydrogen-bond donors (Lipinski definition) is 0. The van der Waals surface area contributed by atoms with Gasteiger partial charge in [0.2, 0.25) is 0 Å². The summed E-state index contributed by atoms with van der Waals surface area (Å²) in [5.41, 5.74) is 2.25. The fourth-order valence-electron chi connectivity index (χ4n) is 2.29. The molecule has 104 valence electrons. The van der Waals surface area contributed by atoms with Crippen molar-refractivity contribution in [3.63, 3.8) is 0 Å². The summed E-state index contributed by atoms with van der Waals surface area (Å²) >= 11 is 11.3. The Morgan fingerprint density at radius 3 is 2.95 bits per heavy atom. The highest BCUT2D eigenvalue weighted by Gasteiger charge is 2.15. The standard InChI is InChI=1S/C14H18BrClN2S/c1-10(6-8-19-2)18-13-4-3-11(15)9-12(13)17-14(18)5-7-16/h3-4,9-10H,5-8H2,1-2H3. The molecule has 2 aromatic rings. The molecule has 0 saturated heterocycles. The lowest BCUT2D eigenvalue weighted by atomic mass is 10.2. The smallest absolute Gasteiger partial charge is 0.111 e. The summed E-state index contributed by atoms with van der Waals surface area (Å²) in [6, 6.07) is 6.74. The highest BCUT2D eigenvalue weighted by Crippen LogP contribution is 2.26. The van der Waals surface area contributed by atoms with Crippen LogP contribution >= 0.6 is 39.3 Å². The summed E-state index contributed by atoms with van der Waals surface area (Å²) < 4.78 is 3.42. The van der Waals surface area contributed by atoms with Crippen molar-refractivity contribution in [1.82, 2.24) is 9.55 Å². The quantitative estimate of drug-likeness (QED) is 0.681. The zero-order valence-corrected chi connectivity index (χ0v) is 14.4. The number of fused-ring (bicyclic) bond motifs is 1. The average Bonchev–Trinajstić information content (AvgIpc) is 2.73. The molecule has 0 bridgehead atoms. The number of hydrogen-bond acceptors (Lipinski definition) is 2. The number of aryl methyl sites for hydroxylation is 1. The highest BCUT2D eigenvalue weighted by atomic mass is 79.9. The molecule has 1 aromatic carbocycles. The lowest BCUT2D eigenvalue weighted by Crippen LogP contribution is -2.10. The van der Waals surface area contributed by atoms with Crippen molar-refractivity contribution in [3.05, 3.63) is 28.5 Å². The maximum atomic E-state index is 5.91. The summed E-state index contributed by atoms with van der Waals surface area (Å²) in [4.78, 5) is 4.73. The molecule has 0 aliphatic rings. The van der Waals surface area contributed by atoms with Crippen molar-refractivity contribution in [1.29, 1.82) is 0 Å². The predicted octanol–water partition coefficient (Wildman–Crippen LogP) is 4.89. The zero-order chi connectivity index (χ0) is 13.8. The average molecular weight is 362 g/mol. The monoisotopic (exact) mass is 360 g/mol. The fourth-order valence-corrected chi connectivity index (χ4v) is 3.39. The van der Waals surface area contributed by atoms with Crippen LogP contribution in [0.5, 0.6) is 0 Å². The maximum absolute atomic E-state index is 5.91. The SMILES string of the molecule is CSCCC(C)n1c(CCCl)nc2cc(Br)ccc21. The molecule has 0 aliphatic carbocycles. The Morgan fingerprint density at radius 1 is 1.47 bits per heavy atom. The number of thioether (sulfide) groups is 1. The second-order valence-corrected chi connectivity index (χ2v) is 6.88. The predicted molar refractivity (Wildman–Crippen MR) is 89.6 cm³/mol. The highest BCUT2D eigenvalue weighted by molar-refractivity contribution is 9.10. The second-order valence-electron chi connectivity index (χ2n) is 4.60. The molecular weight excluding hydrogens is 344 g/mol. The van der Waals surface area contributed by atoms with Crippen LogP contribution in [-0.2, 0) is 6.42 Å². The molecule has 0 radical (unpaired) electrons. The fraction of sp³-hybridized carbons (Fsp3) is 0.500. The molecule has 19 heavy (non-hydrogen) atoms. The van der Waals surface area contributed by atoms with Gasteiger partial charge in [-0.1, -0.05) is 15.9 Å². The molecule has 2 nitrogen and oxygen atoms in total. The van der Waals surface area contributed by atoms with E-state index in [4.69, 9.17) is 16.6 Å². The minimum Gasteiger partial charge on any atom is -0.325 e. The molecule has 1 atom stereocenters. The van der Waals surface area contributed by atoms with Crippen molar-refractivity contribution in [2.75, 3.05) is 17.9 Å². The van der Waals surface area contributed by atoms with Gasteiger partial charge in [0, 0.05) is 22.8 Å². The zero-order valence-electron chi connectivity index (χ0n) is 11.2. The normalized spacial score (nSPS) is 13.1. The minimum atomic E-state index is 0.455. The second kappa shape index (κ2) is 7.00. The van der Waals surface area contributed by atoms with E-state index in [1.165, 1.54) is 5.52 Å². The van der Waals surface area contributed by atoms with Gasteiger partial charge >= 0.3 is 0 Å². The van der Waals surface area contributed by atoms with E-state index >= 15 is 0 Å². The van der Waals surface area contributed by atoms with E-state index in [2.05, 4.69) is 51.9 Å². The molecule has 0 fully saturated rings. The van der Waals surface area contributed by atoms with E-state index in [-0.39, 0.29) is 0 Å². The van der Waals surface area contributed by atoms with Gasteiger partial charge in [0.05, 0.1) is 11.0 Å². The summed E-state index contributed by atoms with van der Waals surface area (Å²) in [5.74, 6) is 2.87. The number of aromatic nitrogens is 2. The Labute approximate surface area is 132 Å². The Kier molecular flexibility index (Phi) is 5.60. The van der Waals surface area contributed by atoms with Crippen molar-refractivity contribution < 1.29 is 0 Å². The molecule has 0 saturated carbocycles. The lowest BCUT2D eigenvalue weighted by molar-refractivity contribution is 0.528. The van der Waals surface area contributed by atoms with Crippen LogP contribution in [0.1, 0.15) is 25.2 Å². The molecule has 5 heteroatoms. The van der Waals surface area contributed by atoms with E-state index in [0.717, 1.165) is 34.4 Å². The van der Waals surface area contributed by atoms with E-state index in [1.54, 1.807) is 0 Å². The van der Waals surface area contributed by atoms with Crippen LogP contribution in [0.2, 0.25) is 0 Å². The molecule has 0 aliphatic heterocycles. The maximum Gasteiger partial charge on any atom is 0.111 e. The van der Waals surface area contributed by atoms with Crippen LogP contribution in [0, 0.1) is 0 Å². The lowest BCUT2D eigenvalue weighted by Gasteiger charge is -2.17. The summed E-state index contributed by atoms with van der Waals surface area (Å²) in [7, 11) is 0. The van der Waals surface area contributed by atoms with Gasteiger partial charge in [0.25, 0.3) is 0 Å². The van der Waals surface area contributed by atoms with Crippen LogP contribution in [0.4, 0.5) is 0 Å². The van der Waals surface area contributed by atoms with Gasteiger partial charge in [-0.3, -0.25) is 0 Å². The Morgan fingerprint density at radius 2 is 2.26 bits per heavy atom. The third-order valence-corrected chi connectivity index (χ3v) is 4.55. The van der Waals surface area contributed by atoms with Gasteiger partial charge in [-0.2, -0.15) is 11.8 Å². The molecular formula is C14H18BrClN2S.